The van der Waals surface area contributed by atoms with Crippen molar-refractivity contribution in [2.75, 3.05) is 5.73 Å². The first kappa shape index (κ1) is 13.6. The van der Waals surface area contributed by atoms with E-state index in [4.69, 9.17) is 5.73 Å². The van der Waals surface area contributed by atoms with Crippen LogP contribution in [0.1, 0.15) is 25.6 Å². The highest BCUT2D eigenvalue weighted by Gasteiger charge is 2.13. The van der Waals surface area contributed by atoms with E-state index >= 15 is 0 Å². The van der Waals surface area contributed by atoms with Crippen LogP contribution < -0.4 is 11.3 Å². The van der Waals surface area contributed by atoms with Gasteiger partial charge in [0.1, 0.15) is 6.33 Å². The van der Waals surface area contributed by atoms with Crippen molar-refractivity contribution in [2.24, 2.45) is 0 Å². The first-order valence-corrected chi connectivity index (χ1v) is 7.30. The largest absolute Gasteiger partial charge is 0.368 e. The predicted octanol–water partition coefficient (Wildman–Crippen LogP) is 0.464. The number of fused-ring (bicyclic) bond motifs is 1. The summed E-state index contributed by atoms with van der Waals surface area (Å²) in [5, 5.41) is 11.3. The normalized spacial score (nSPS) is 11.6. The number of nitrogens with zero attached hydrogens (tertiary/aromatic N) is 6. The maximum absolute atomic E-state index is 11.8. The summed E-state index contributed by atoms with van der Waals surface area (Å²) < 4.78 is 3.12. The fourth-order valence-electron chi connectivity index (χ4n) is 1.95. The van der Waals surface area contributed by atoms with Crippen molar-refractivity contribution in [3.05, 3.63) is 28.4 Å². The molecule has 3 heterocycles. The topological polar surface area (TPSA) is 120 Å². The molecule has 0 aliphatic heterocycles. The molecule has 3 aromatic heterocycles. The van der Waals surface area contributed by atoms with Gasteiger partial charge in [-0.05, 0) is 13.8 Å². The third-order valence-electron chi connectivity index (χ3n) is 2.88. The molecule has 3 rings (SSSR count). The molecule has 0 aliphatic rings. The van der Waals surface area contributed by atoms with Crippen LogP contribution in [-0.4, -0.2) is 34.3 Å². The van der Waals surface area contributed by atoms with Gasteiger partial charge in [-0.25, -0.2) is 9.97 Å². The van der Waals surface area contributed by atoms with Gasteiger partial charge in [0.05, 0.1) is 5.69 Å². The zero-order valence-corrected chi connectivity index (χ0v) is 12.3. The Kier molecular flexibility index (Phi) is 3.37. The third kappa shape index (κ3) is 2.49. The van der Waals surface area contributed by atoms with Gasteiger partial charge in [-0.2, -0.15) is 4.52 Å². The summed E-state index contributed by atoms with van der Waals surface area (Å²) in [6.07, 6.45) is 1.43. The van der Waals surface area contributed by atoms with Gasteiger partial charge in [-0.1, -0.05) is 11.8 Å². The molecule has 0 saturated heterocycles. The Morgan fingerprint density at radius 2 is 2.24 bits per heavy atom. The van der Waals surface area contributed by atoms with Crippen molar-refractivity contribution in [2.45, 2.75) is 30.8 Å². The molecule has 0 aromatic carbocycles. The molecule has 0 amide bonds. The van der Waals surface area contributed by atoms with Crippen molar-refractivity contribution >= 4 is 23.5 Å². The Labute approximate surface area is 123 Å². The van der Waals surface area contributed by atoms with Crippen LogP contribution >= 0.6 is 11.8 Å². The van der Waals surface area contributed by atoms with Crippen molar-refractivity contribution in [3.8, 4) is 0 Å². The maximum Gasteiger partial charge on any atom is 0.274 e. The van der Waals surface area contributed by atoms with Gasteiger partial charge in [0, 0.05) is 17.9 Å². The number of hydrogen-bond donors (Lipinski definition) is 2. The van der Waals surface area contributed by atoms with Crippen LogP contribution in [-0.2, 0) is 5.75 Å². The van der Waals surface area contributed by atoms with Gasteiger partial charge < -0.3 is 5.73 Å². The number of nitrogens with one attached hydrogen (secondary N) is 1. The summed E-state index contributed by atoms with van der Waals surface area (Å²) in [6.45, 7) is 4.01. The van der Waals surface area contributed by atoms with Crippen LogP contribution in [0.2, 0.25) is 0 Å². The molecule has 0 spiro atoms. The Balaban J connectivity index is 1.85. The van der Waals surface area contributed by atoms with Crippen LogP contribution in [0.15, 0.2) is 22.3 Å². The summed E-state index contributed by atoms with van der Waals surface area (Å²) in [4.78, 5) is 20.1. The molecule has 0 atom stereocenters. The number of nitrogens with two attached hydrogens (primary N) is 1. The zero-order valence-electron chi connectivity index (χ0n) is 11.5. The number of hydrogen-bond acceptors (Lipinski definition) is 7. The molecule has 3 N–H and O–H groups in total. The first-order chi connectivity index (χ1) is 10.1. The Morgan fingerprint density at radius 1 is 1.43 bits per heavy atom. The van der Waals surface area contributed by atoms with Crippen LogP contribution in [0.25, 0.3) is 5.78 Å². The summed E-state index contributed by atoms with van der Waals surface area (Å²) in [5.41, 5.74) is 6.23. The highest BCUT2D eigenvalue weighted by atomic mass is 32.2. The van der Waals surface area contributed by atoms with E-state index in [9.17, 15) is 4.79 Å². The van der Waals surface area contributed by atoms with E-state index in [2.05, 4.69) is 25.3 Å². The van der Waals surface area contributed by atoms with Gasteiger partial charge in [0.15, 0.2) is 5.16 Å². The summed E-state index contributed by atoms with van der Waals surface area (Å²) in [6, 6.07) is 1.63. The van der Waals surface area contributed by atoms with Gasteiger partial charge in [-0.3, -0.25) is 14.5 Å². The average molecular weight is 306 g/mol. The number of anilines is 1. The number of aromatic nitrogens is 7. The molecular formula is C11H14N8OS. The van der Waals surface area contributed by atoms with E-state index in [1.807, 2.05) is 18.4 Å². The lowest BCUT2D eigenvalue weighted by atomic mass is 10.4. The fourth-order valence-corrected chi connectivity index (χ4v) is 2.92. The van der Waals surface area contributed by atoms with Gasteiger partial charge in [0.25, 0.3) is 11.3 Å². The number of thioether (sulfide) groups is 1. The van der Waals surface area contributed by atoms with E-state index < -0.39 is 0 Å². The van der Waals surface area contributed by atoms with Crippen LogP contribution in [0.3, 0.4) is 0 Å². The van der Waals surface area contributed by atoms with E-state index in [-0.39, 0.29) is 11.6 Å². The molecule has 0 unspecified atom stereocenters. The Morgan fingerprint density at radius 3 is 3.00 bits per heavy atom. The van der Waals surface area contributed by atoms with E-state index in [1.165, 1.54) is 28.7 Å². The molecule has 0 radical (unpaired) electrons. The minimum atomic E-state index is -0.196. The Hall–Kier alpha value is -2.36. The highest BCUT2D eigenvalue weighted by molar-refractivity contribution is 7.98. The van der Waals surface area contributed by atoms with Gasteiger partial charge in [0.2, 0.25) is 5.95 Å². The minimum absolute atomic E-state index is 0.162. The smallest absolute Gasteiger partial charge is 0.274 e. The van der Waals surface area contributed by atoms with Crippen molar-refractivity contribution < 1.29 is 0 Å². The molecule has 21 heavy (non-hydrogen) atoms. The first-order valence-electron chi connectivity index (χ1n) is 6.31. The quantitative estimate of drug-likeness (QED) is 0.672. The standard InChI is InChI=1S/C11H14N8OS/c1-6(2)18-9(12)16-17-11(18)21-4-7-3-8(20)19-10(15-7)13-5-14-19/h3,5-6H,4H2,1-2H3,(H2,12,16)(H,13,14,15). The molecule has 0 aliphatic carbocycles. The Bertz CT molecular complexity index is 832. The van der Waals surface area contributed by atoms with Crippen LogP contribution in [0.4, 0.5) is 5.95 Å². The fraction of sp³-hybridized carbons (Fsp3) is 0.364. The van der Waals surface area contributed by atoms with Gasteiger partial charge in [-0.15, -0.1) is 10.2 Å². The molecule has 0 saturated carbocycles. The lowest BCUT2D eigenvalue weighted by Crippen LogP contribution is -2.15. The van der Waals surface area contributed by atoms with E-state index in [0.29, 0.717) is 28.3 Å². The third-order valence-corrected chi connectivity index (χ3v) is 3.85. The molecule has 3 aromatic rings. The summed E-state index contributed by atoms with van der Waals surface area (Å²) in [7, 11) is 0. The highest BCUT2D eigenvalue weighted by Crippen LogP contribution is 2.24. The van der Waals surface area contributed by atoms with Crippen molar-refractivity contribution in [1.29, 1.82) is 0 Å². The van der Waals surface area contributed by atoms with Crippen LogP contribution in [0.5, 0.6) is 0 Å². The molecule has 10 heteroatoms. The number of rotatable bonds is 4. The molecular weight excluding hydrogens is 292 g/mol. The predicted molar refractivity (Wildman–Crippen MR) is 78.0 cm³/mol. The minimum Gasteiger partial charge on any atom is -0.368 e. The SMILES string of the molecule is CC(C)n1c(N)nnc1SCc1cc(=O)n2[nH]cnc2n1. The molecule has 0 bridgehead atoms. The zero-order chi connectivity index (χ0) is 15.0. The van der Waals surface area contributed by atoms with E-state index in [0.717, 1.165) is 0 Å². The second kappa shape index (κ2) is 5.20. The van der Waals surface area contributed by atoms with Crippen molar-refractivity contribution in [1.82, 2.24) is 34.3 Å². The molecule has 9 nitrogen and oxygen atoms in total. The maximum atomic E-state index is 11.8. The monoisotopic (exact) mass is 306 g/mol. The summed E-state index contributed by atoms with van der Waals surface area (Å²) in [5.74, 6) is 1.22. The summed E-state index contributed by atoms with van der Waals surface area (Å²) >= 11 is 1.43. The second-order valence-electron chi connectivity index (χ2n) is 4.70. The lowest BCUT2D eigenvalue weighted by Gasteiger charge is -2.10. The number of aromatic amines is 1. The van der Waals surface area contributed by atoms with E-state index in [1.54, 1.807) is 0 Å². The molecule has 0 fully saturated rings. The second-order valence-corrected chi connectivity index (χ2v) is 5.64. The lowest BCUT2D eigenvalue weighted by molar-refractivity contribution is 0.557. The average Bonchev–Trinajstić information content (AvgIpc) is 3.02. The van der Waals surface area contributed by atoms with Gasteiger partial charge >= 0.3 is 0 Å². The number of H-pyrrole nitrogens is 1. The van der Waals surface area contributed by atoms with Crippen LogP contribution in [0, 0.1) is 0 Å². The number of nitrogen functional groups attached to an aromatic ring is 1. The van der Waals surface area contributed by atoms with Crippen molar-refractivity contribution in [3.63, 3.8) is 0 Å². The molecule has 110 valence electrons.